The van der Waals surface area contributed by atoms with Crippen LogP contribution in [-0.2, 0) is 4.74 Å². The number of hydrogen-bond acceptors (Lipinski definition) is 2. The van der Waals surface area contributed by atoms with Crippen LogP contribution in [-0.4, -0.2) is 19.3 Å². The van der Waals surface area contributed by atoms with Gasteiger partial charge in [0, 0.05) is 12.8 Å². The van der Waals surface area contributed by atoms with E-state index in [0.717, 1.165) is 24.1 Å². The first-order chi connectivity index (χ1) is 8.20. The van der Waals surface area contributed by atoms with Crippen molar-refractivity contribution in [1.29, 1.82) is 0 Å². The van der Waals surface area contributed by atoms with Crippen LogP contribution in [0, 0.1) is 12.7 Å². The predicted octanol–water partition coefficient (Wildman–Crippen LogP) is 3.50. The van der Waals surface area contributed by atoms with E-state index in [1.54, 1.807) is 13.2 Å². The van der Waals surface area contributed by atoms with Crippen molar-refractivity contribution in [2.24, 2.45) is 0 Å². The molecule has 0 bridgehead atoms. The fourth-order valence-corrected chi connectivity index (χ4v) is 2.53. The average molecular weight is 237 g/mol. The molecular formula is C14H20FNO. The standard InChI is InChI=1S/C14H20FNO/c1-10-9-11(15)7-8-12(10)16-13-5-3-4-6-14(13)17-2/h7-9,13-14,16H,3-6H2,1-2H3. The van der Waals surface area contributed by atoms with Crippen LogP contribution in [0.15, 0.2) is 18.2 Å². The summed E-state index contributed by atoms with van der Waals surface area (Å²) < 4.78 is 18.5. The highest BCUT2D eigenvalue weighted by atomic mass is 19.1. The van der Waals surface area contributed by atoms with Crippen molar-refractivity contribution in [3.63, 3.8) is 0 Å². The third kappa shape index (κ3) is 2.97. The first kappa shape index (κ1) is 12.4. The van der Waals surface area contributed by atoms with Gasteiger partial charge >= 0.3 is 0 Å². The van der Waals surface area contributed by atoms with Gasteiger partial charge in [-0.05, 0) is 43.5 Å². The molecule has 2 nitrogen and oxygen atoms in total. The number of methoxy groups -OCH3 is 1. The lowest BCUT2D eigenvalue weighted by molar-refractivity contribution is 0.0606. The first-order valence-corrected chi connectivity index (χ1v) is 6.26. The van der Waals surface area contributed by atoms with Crippen molar-refractivity contribution < 1.29 is 9.13 Å². The maximum absolute atomic E-state index is 13.0. The van der Waals surface area contributed by atoms with E-state index in [1.165, 1.54) is 18.9 Å². The third-order valence-corrected chi connectivity index (χ3v) is 3.53. The molecule has 0 amide bonds. The lowest BCUT2D eigenvalue weighted by Crippen LogP contribution is -2.37. The smallest absolute Gasteiger partial charge is 0.123 e. The van der Waals surface area contributed by atoms with Gasteiger partial charge in [0.05, 0.1) is 12.1 Å². The van der Waals surface area contributed by atoms with Crippen molar-refractivity contribution in [2.75, 3.05) is 12.4 Å². The number of aryl methyl sites for hydroxylation is 1. The number of ether oxygens (including phenoxy) is 1. The van der Waals surface area contributed by atoms with Crippen molar-refractivity contribution >= 4 is 5.69 Å². The summed E-state index contributed by atoms with van der Waals surface area (Å²) >= 11 is 0. The molecule has 2 atom stereocenters. The minimum Gasteiger partial charge on any atom is -0.379 e. The van der Waals surface area contributed by atoms with E-state index in [2.05, 4.69) is 5.32 Å². The second kappa shape index (κ2) is 5.50. The van der Waals surface area contributed by atoms with Crippen LogP contribution < -0.4 is 5.32 Å². The highest BCUT2D eigenvalue weighted by Crippen LogP contribution is 2.25. The van der Waals surface area contributed by atoms with Crippen LogP contribution in [0.1, 0.15) is 31.2 Å². The fraction of sp³-hybridized carbons (Fsp3) is 0.571. The molecule has 1 aromatic rings. The number of halogens is 1. The van der Waals surface area contributed by atoms with E-state index in [1.807, 2.05) is 13.0 Å². The molecule has 0 radical (unpaired) electrons. The van der Waals surface area contributed by atoms with Crippen LogP contribution in [0.25, 0.3) is 0 Å². The topological polar surface area (TPSA) is 21.3 Å². The zero-order valence-corrected chi connectivity index (χ0v) is 10.5. The number of benzene rings is 1. The zero-order valence-electron chi connectivity index (χ0n) is 10.5. The molecule has 3 heteroatoms. The van der Waals surface area contributed by atoms with E-state index >= 15 is 0 Å². The van der Waals surface area contributed by atoms with Crippen molar-refractivity contribution in [3.8, 4) is 0 Å². The second-order valence-electron chi connectivity index (χ2n) is 4.77. The summed E-state index contributed by atoms with van der Waals surface area (Å²) in [5.41, 5.74) is 1.96. The van der Waals surface area contributed by atoms with Gasteiger partial charge in [-0.2, -0.15) is 0 Å². The van der Waals surface area contributed by atoms with Crippen molar-refractivity contribution in [3.05, 3.63) is 29.6 Å². The number of hydrogen-bond donors (Lipinski definition) is 1. The first-order valence-electron chi connectivity index (χ1n) is 6.26. The molecule has 0 aromatic heterocycles. The Hall–Kier alpha value is -1.09. The molecule has 0 spiro atoms. The highest BCUT2D eigenvalue weighted by Gasteiger charge is 2.24. The molecule has 1 aliphatic carbocycles. The fourth-order valence-electron chi connectivity index (χ4n) is 2.53. The Labute approximate surface area is 102 Å². The van der Waals surface area contributed by atoms with Gasteiger partial charge in [-0.3, -0.25) is 0 Å². The Morgan fingerprint density at radius 2 is 2.06 bits per heavy atom. The van der Waals surface area contributed by atoms with Crippen LogP contribution in [0.2, 0.25) is 0 Å². The van der Waals surface area contributed by atoms with Gasteiger partial charge in [-0.1, -0.05) is 12.8 Å². The molecule has 1 fully saturated rings. The van der Waals surface area contributed by atoms with E-state index < -0.39 is 0 Å². The molecule has 1 aliphatic rings. The van der Waals surface area contributed by atoms with Crippen LogP contribution in [0.3, 0.4) is 0 Å². The maximum Gasteiger partial charge on any atom is 0.123 e. The molecular weight excluding hydrogens is 217 g/mol. The van der Waals surface area contributed by atoms with Crippen LogP contribution in [0.4, 0.5) is 10.1 Å². The monoisotopic (exact) mass is 237 g/mol. The molecule has 94 valence electrons. The summed E-state index contributed by atoms with van der Waals surface area (Å²) in [5.74, 6) is -0.181. The Kier molecular flexibility index (Phi) is 4.00. The van der Waals surface area contributed by atoms with Gasteiger partial charge < -0.3 is 10.1 Å². The maximum atomic E-state index is 13.0. The lowest BCUT2D eigenvalue weighted by atomic mass is 9.92. The molecule has 2 unspecified atom stereocenters. The van der Waals surface area contributed by atoms with Gasteiger partial charge in [0.15, 0.2) is 0 Å². The molecule has 0 aliphatic heterocycles. The molecule has 0 heterocycles. The van der Waals surface area contributed by atoms with Crippen molar-refractivity contribution in [2.45, 2.75) is 44.8 Å². The molecule has 1 saturated carbocycles. The normalized spacial score (nSPS) is 24.6. The van der Waals surface area contributed by atoms with E-state index in [0.29, 0.717) is 6.04 Å². The molecule has 1 aromatic carbocycles. The largest absolute Gasteiger partial charge is 0.379 e. The minimum atomic E-state index is -0.181. The van der Waals surface area contributed by atoms with Crippen LogP contribution in [0.5, 0.6) is 0 Å². The van der Waals surface area contributed by atoms with E-state index in [-0.39, 0.29) is 11.9 Å². The predicted molar refractivity (Wildman–Crippen MR) is 67.8 cm³/mol. The summed E-state index contributed by atoms with van der Waals surface area (Å²) in [4.78, 5) is 0. The van der Waals surface area contributed by atoms with Crippen LogP contribution >= 0.6 is 0 Å². The van der Waals surface area contributed by atoms with E-state index in [4.69, 9.17) is 4.74 Å². The number of anilines is 1. The van der Waals surface area contributed by atoms with Gasteiger partial charge in [0.1, 0.15) is 5.82 Å². The SMILES string of the molecule is COC1CCCCC1Nc1ccc(F)cc1C. The second-order valence-corrected chi connectivity index (χ2v) is 4.77. The van der Waals surface area contributed by atoms with Gasteiger partial charge in [0.25, 0.3) is 0 Å². The number of rotatable bonds is 3. The molecule has 17 heavy (non-hydrogen) atoms. The summed E-state index contributed by atoms with van der Waals surface area (Å²) in [7, 11) is 1.77. The number of nitrogens with one attached hydrogen (secondary N) is 1. The Bertz CT molecular complexity index is 380. The summed E-state index contributed by atoms with van der Waals surface area (Å²) in [6.07, 6.45) is 4.97. The minimum absolute atomic E-state index is 0.181. The average Bonchev–Trinajstić information content (AvgIpc) is 2.33. The van der Waals surface area contributed by atoms with Gasteiger partial charge in [-0.15, -0.1) is 0 Å². The lowest BCUT2D eigenvalue weighted by Gasteiger charge is -2.32. The third-order valence-electron chi connectivity index (χ3n) is 3.53. The molecule has 0 saturated heterocycles. The summed E-state index contributed by atoms with van der Waals surface area (Å²) in [6.45, 7) is 1.93. The zero-order chi connectivity index (χ0) is 12.3. The van der Waals surface area contributed by atoms with Gasteiger partial charge in [0.2, 0.25) is 0 Å². The van der Waals surface area contributed by atoms with Crippen molar-refractivity contribution in [1.82, 2.24) is 0 Å². The quantitative estimate of drug-likeness (QED) is 0.868. The Balaban J connectivity index is 2.08. The summed E-state index contributed by atoms with van der Waals surface area (Å²) in [6, 6.07) is 5.22. The molecule has 2 rings (SSSR count). The van der Waals surface area contributed by atoms with Gasteiger partial charge in [-0.25, -0.2) is 4.39 Å². The van der Waals surface area contributed by atoms with E-state index in [9.17, 15) is 4.39 Å². The molecule has 1 N–H and O–H groups in total. The Morgan fingerprint density at radius 1 is 1.29 bits per heavy atom. The Morgan fingerprint density at radius 3 is 2.76 bits per heavy atom. The highest BCUT2D eigenvalue weighted by molar-refractivity contribution is 5.51. The summed E-state index contributed by atoms with van der Waals surface area (Å²) in [5, 5.41) is 3.49.